The first-order chi connectivity index (χ1) is 4.64. The molecule has 1 rings (SSSR count). The zero-order valence-corrected chi connectivity index (χ0v) is 8.58. The van der Waals surface area contributed by atoms with Crippen LogP contribution in [0.15, 0.2) is 0 Å². The number of halogens is 1. The molecule has 1 fully saturated rings. The van der Waals surface area contributed by atoms with E-state index in [2.05, 4.69) is 29.8 Å². The van der Waals surface area contributed by atoms with E-state index in [-0.39, 0.29) is 0 Å². The second-order valence-electron chi connectivity index (χ2n) is 4.26. The molecule has 0 aromatic heterocycles. The molecule has 1 aliphatic rings. The van der Waals surface area contributed by atoms with E-state index in [1.807, 2.05) is 0 Å². The van der Waals surface area contributed by atoms with Crippen molar-refractivity contribution in [3.8, 4) is 0 Å². The van der Waals surface area contributed by atoms with Crippen molar-refractivity contribution >= 4 is 15.9 Å². The third-order valence-corrected chi connectivity index (χ3v) is 3.59. The molecule has 1 heteroatoms. The zero-order valence-electron chi connectivity index (χ0n) is 6.99. The quantitative estimate of drug-likeness (QED) is 0.574. The zero-order chi connectivity index (χ0) is 7.61. The van der Waals surface area contributed by atoms with Gasteiger partial charge in [-0.05, 0) is 37.0 Å². The third kappa shape index (κ3) is 2.26. The van der Waals surface area contributed by atoms with Crippen molar-refractivity contribution in [1.82, 2.24) is 0 Å². The molecular formula is C9H17Br. The van der Waals surface area contributed by atoms with Gasteiger partial charge in [0.1, 0.15) is 0 Å². The SMILES string of the molecule is CC1(C)CCC(CBr)CC1. The Bertz CT molecular complexity index is 97.3. The molecule has 0 unspecified atom stereocenters. The van der Waals surface area contributed by atoms with Crippen LogP contribution in [0.1, 0.15) is 39.5 Å². The standard InChI is InChI=1S/C9H17Br/c1-9(2)5-3-8(7-10)4-6-9/h8H,3-7H2,1-2H3. The van der Waals surface area contributed by atoms with Crippen molar-refractivity contribution in [2.24, 2.45) is 11.3 Å². The monoisotopic (exact) mass is 204 g/mol. The summed E-state index contributed by atoms with van der Waals surface area (Å²) in [6, 6.07) is 0. The first-order valence-electron chi connectivity index (χ1n) is 4.20. The Morgan fingerprint density at radius 2 is 1.80 bits per heavy atom. The minimum absolute atomic E-state index is 0.638. The lowest BCUT2D eigenvalue weighted by molar-refractivity contribution is 0.204. The molecule has 0 nitrogen and oxygen atoms in total. The van der Waals surface area contributed by atoms with Crippen LogP contribution in [0.3, 0.4) is 0 Å². The molecule has 0 aromatic rings. The highest BCUT2D eigenvalue weighted by Crippen LogP contribution is 2.38. The first-order valence-corrected chi connectivity index (χ1v) is 5.32. The first kappa shape index (κ1) is 8.58. The topological polar surface area (TPSA) is 0 Å². The maximum Gasteiger partial charge on any atom is 0.00596 e. The van der Waals surface area contributed by atoms with Gasteiger partial charge >= 0.3 is 0 Å². The van der Waals surface area contributed by atoms with E-state index in [0.29, 0.717) is 5.41 Å². The van der Waals surface area contributed by atoms with Gasteiger partial charge in [0.25, 0.3) is 0 Å². The third-order valence-electron chi connectivity index (χ3n) is 2.68. The number of alkyl halides is 1. The summed E-state index contributed by atoms with van der Waals surface area (Å²) in [4.78, 5) is 0. The normalized spacial score (nSPS) is 26.7. The fourth-order valence-corrected chi connectivity index (χ4v) is 2.26. The van der Waals surface area contributed by atoms with Crippen molar-refractivity contribution in [3.63, 3.8) is 0 Å². The van der Waals surface area contributed by atoms with E-state index in [0.717, 1.165) is 5.92 Å². The van der Waals surface area contributed by atoms with Gasteiger partial charge in [0.15, 0.2) is 0 Å². The summed E-state index contributed by atoms with van der Waals surface area (Å²) in [6.45, 7) is 4.77. The maximum absolute atomic E-state index is 3.55. The highest BCUT2D eigenvalue weighted by Gasteiger charge is 2.25. The molecule has 0 spiro atoms. The fourth-order valence-electron chi connectivity index (χ4n) is 1.61. The molecule has 0 saturated heterocycles. The average molecular weight is 205 g/mol. The van der Waals surface area contributed by atoms with Crippen molar-refractivity contribution in [2.75, 3.05) is 5.33 Å². The summed E-state index contributed by atoms with van der Waals surface area (Å²) in [6.07, 6.45) is 5.70. The van der Waals surface area contributed by atoms with E-state index in [9.17, 15) is 0 Å². The summed E-state index contributed by atoms with van der Waals surface area (Å²) >= 11 is 3.55. The van der Waals surface area contributed by atoms with Gasteiger partial charge in [0.05, 0.1) is 0 Å². The molecular weight excluding hydrogens is 188 g/mol. The van der Waals surface area contributed by atoms with E-state index >= 15 is 0 Å². The molecule has 0 amide bonds. The molecule has 0 bridgehead atoms. The maximum atomic E-state index is 3.55. The molecule has 60 valence electrons. The van der Waals surface area contributed by atoms with E-state index < -0.39 is 0 Å². The second-order valence-corrected chi connectivity index (χ2v) is 4.91. The minimum Gasteiger partial charge on any atom is -0.0925 e. The van der Waals surface area contributed by atoms with E-state index in [4.69, 9.17) is 0 Å². The summed E-state index contributed by atoms with van der Waals surface area (Å²) in [5.74, 6) is 0.966. The van der Waals surface area contributed by atoms with Crippen molar-refractivity contribution in [1.29, 1.82) is 0 Å². The molecule has 0 atom stereocenters. The Hall–Kier alpha value is 0.480. The van der Waals surface area contributed by atoms with Gasteiger partial charge in [-0.15, -0.1) is 0 Å². The van der Waals surface area contributed by atoms with Gasteiger partial charge in [0, 0.05) is 5.33 Å². The largest absolute Gasteiger partial charge is 0.0925 e. The highest BCUT2D eigenvalue weighted by atomic mass is 79.9. The second kappa shape index (κ2) is 3.25. The summed E-state index contributed by atoms with van der Waals surface area (Å²) < 4.78 is 0. The van der Waals surface area contributed by atoms with Gasteiger partial charge in [-0.3, -0.25) is 0 Å². The van der Waals surface area contributed by atoms with Gasteiger partial charge in [-0.2, -0.15) is 0 Å². The van der Waals surface area contributed by atoms with Crippen LogP contribution in [-0.4, -0.2) is 5.33 Å². The molecule has 0 aromatic carbocycles. The number of hydrogen-bond acceptors (Lipinski definition) is 0. The Kier molecular flexibility index (Phi) is 2.79. The number of rotatable bonds is 1. The molecule has 1 saturated carbocycles. The lowest BCUT2D eigenvalue weighted by Crippen LogP contribution is -2.21. The van der Waals surface area contributed by atoms with Gasteiger partial charge in [0.2, 0.25) is 0 Å². The van der Waals surface area contributed by atoms with Crippen LogP contribution in [0, 0.1) is 11.3 Å². The van der Waals surface area contributed by atoms with Crippen LogP contribution in [0.5, 0.6) is 0 Å². The fraction of sp³-hybridized carbons (Fsp3) is 1.00. The van der Waals surface area contributed by atoms with Crippen molar-refractivity contribution in [3.05, 3.63) is 0 Å². The highest BCUT2D eigenvalue weighted by molar-refractivity contribution is 9.09. The lowest BCUT2D eigenvalue weighted by atomic mass is 9.74. The van der Waals surface area contributed by atoms with Crippen LogP contribution < -0.4 is 0 Å². The molecule has 0 radical (unpaired) electrons. The van der Waals surface area contributed by atoms with Crippen molar-refractivity contribution < 1.29 is 0 Å². The Morgan fingerprint density at radius 3 is 2.20 bits per heavy atom. The van der Waals surface area contributed by atoms with Crippen LogP contribution in [0.25, 0.3) is 0 Å². The molecule has 0 heterocycles. The van der Waals surface area contributed by atoms with E-state index in [1.165, 1.54) is 31.0 Å². The Balaban J connectivity index is 2.31. The summed E-state index contributed by atoms with van der Waals surface area (Å²) in [5.41, 5.74) is 0.638. The Labute approximate surface area is 72.5 Å². The van der Waals surface area contributed by atoms with Crippen LogP contribution >= 0.6 is 15.9 Å². The summed E-state index contributed by atoms with van der Waals surface area (Å²) in [5, 5.41) is 1.21. The molecule has 10 heavy (non-hydrogen) atoms. The van der Waals surface area contributed by atoms with E-state index in [1.54, 1.807) is 0 Å². The smallest absolute Gasteiger partial charge is 0.00596 e. The number of hydrogen-bond donors (Lipinski definition) is 0. The Morgan fingerprint density at radius 1 is 1.30 bits per heavy atom. The predicted octanol–water partition coefficient (Wildman–Crippen LogP) is 3.60. The van der Waals surface area contributed by atoms with Crippen molar-refractivity contribution in [2.45, 2.75) is 39.5 Å². The summed E-state index contributed by atoms with van der Waals surface area (Å²) in [7, 11) is 0. The minimum atomic E-state index is 0.638. The van der Waals surface area contributed by atoms with Gasteiger partial charge in [-0.25, -0.2) is 0 Å². The van der Waals surface area contributed by atoms with Gasteiger partial charge in [-0.1, -0.05) is 29.8 Å². The molecule has 0 N–H and O–H groups in total. The van der Waals surface area contributed by atoms with Crippen LogP contribution in [0.2, 0.25) is 0 Å². The predicted molar refractivity (Wildman–Crippen MR) is 49.5 cm³/mol. The van der Waals surface area contributed by atoms with Crippen LogP contribution in [-0.2, 0) is 0 Å². The van der Waals surface area contributed by atoms with Crippen LogP contribution in [0.4, 0.5) is 0 Å². The molecule has 1 aliphatic carbocycles. The average Bonchev–Trinajstić information content (AvgIpc) is 1.88. The van der Waals surface area contributed by atoms with Gasteiger partial charge < -0.3 is 0 Å². The molecule has 0 aliphatic heterocycles. The lowest BCUT2D eigenvalue weighted by Gasteiger charge is -2.33.